The van der Waals surface area contributed by atoms with Crippen molar-refractivity contribution in [2.24, 2.45) is 0 Å². The first-order valence-electron chi connectivity index (χ1n) is 5.15. The zero-order valence-corrected chi connectivity index (χ0v) is 9.23. The maximum atomic E-state index is 5.88. The maximum absolute atomic E-state index is 5.88. The minimum Gasteiger partial charge on any atom is -0.382 e. The molecule has 0 aliphatic carbocycles. The molecule has 0 amide bonds. The third kappa shape index (κ3) is 1.10. The van der Waals surface area contributed by atoms with Crippen molar-refractivity contribution in [2.75, 3.05) is 5.73 Å². The van der Waals surface area contributed by atoms with Gasteiger partial charge in [0.15, 0.2) is 0 Å². The second kappa shape index (κ2) is 2.95. The minimum atomic E-state index is 0.522. The molecule has 16 heavy (non-hydrogen) atoms. The molecule has 3 rings (SSSR count). The molecule has 2 heterocycles. The van der Waals surface area contributed by atoms with Crippen molar-refractivity contribution in [2.45, 2.75) is 13.8 Å². The number of fused-ring (bicyclic) bond motifs is 3. The number of hydrogen-bond donors (Lipinski definition) is 1. The molecule has 0 saturated carbocycles. The van der Waals surface area contributed by atoms with Gasteiger partial charge in [-0.2, -0.15) is 0 Å². The fourth-order valence-electron chi connectivity index (χ4n) is 1.93. The van der Waals surface area contributed by atoms with Crippen molar-refractivity contribution in [1.29, 1.82) is 0 Å². The highest BCUT2D eigenvalue weighted by Crippen LogP contribution is 2.22. The van der Waals surface area contributed by atoms with E-state index in [1.807, 2.05) is 4.40 Å². The van der Waals surface area contributed by atoms with E-state index in [0.717, 1.165) is 16.6 Å². The number of benzene rings is 1. The molecule has 0 atom stereocenters. The lowest BCUT2D eigenvalue weighted by molar-refractivity contribution is 1.18. The number of hydrogen-bond acceptors (Lipinski definition) is 3. The van der Waals surface area contributed by atoms with Gasteiger partial charge in [0.25, 0.3) is 0 Å². The first-order valence-corrected chi connectivity index (χ1v) is 5.15. The van der Waals surface area contributed by atoms with Crippen LogP contribution in [0.3, 0.4) is 0 Å². The Labute approximate surface area is 92.7 Å². The number of anilines is 1. The molecule has 4 nitrogen and oxygen atoms in total. The molecule has 0 aliphatic heterocycles. The highest BCUT2D eigenvalue weighted by molar-refractivity contribution is 5.84. The molecular weight excluding hydrogens is 200 g/mol. The van der Waals surface area contributed by atoms with Crippen LogP contribution in [0.2, 0.25) is 0 Å². The van der Waals surface area contributed by atoms with Crippen molar-refractivity contribution >= 4 is 22.4 Å². The highest BCUT2D eigenvalue weighted by atomic mass is 15.0. The number of aromatic nitrogens is 3. The van der Waals surface area contributed by atoms with Gasteiger partial charge >= 0.3 is 0 Å². The quantitative estimate of drug-likeness (QED) is 0.620. The van der Waals surface area contributed by atoms with E-state index in [2.05, 4.69) is 35.9 Å². The summed E-state index contributed by atoms with van der Waals surface area (Å²) < 4.78 is 1.98. The van der Waals surface area contributed by atoms with Crippen LogP contribution >= 0.6 is 0 Å². The summed E-state index contributed by atoms with van der Waals surface area (Å²) in [5.74, 6) is 0.522. The molecule has 80 valence electrons. The highest BCUT2D eigenvalue weighted by Gasteiger charge is 2.07. The summed E-state index contributed by atoms with van der Waals surface area (Å²) in [6, 6.07) is 4.17. The van der Waals surface area contributed by atoms with E-state index in [-0.39, 0.29) is 0 Å². The Morgan fingerprint density at radius 1 is 1.12 bits per heavy atom. The van der Waals surface area contributed by atoms with Crippen LogP contribution in [-0.4, -0.2) is 14.4 Å². The van der Waals surface area contributed by atoms with Crippen molar-refractivity contribution < 1.29 is 0 Å². The number of aryl methyl sites for hydroxylation is 2. The van der Waals surface area contributed by atoms with E-state index in [9.17, 15) is 0 Å². The van der Waals surface area contributed by atoms with Crippen LogP contribution in [0.25, 0.3) is 16.6 Å². The average molecular weight is 212 g/mol. The van der Waals surface area contributed by atoms with Gasteiger partial charge in [-0.05, 0) is 37.1 Å². The van der Waals surface area contributed by atoms with Crippen LogP contribution < -0.4 is 5.73 Å². The molecule has 2 N–H and O–H groups in total. The normalized spacial score (nSPS) is 11.4. The number of nitrogens with zero attached hydrogens (tertiary/aromatic N) is 3. The summed E-state index contributed by atoms with van der Waals surface area (Å²) in [5, 5.41) is 0. The maximum Gasteiger partial charge on any atom is 0.150 e. The molecular formula is C12H12N4. The van der Waals surface area contributed by atoms with Gasteiger partial charge in [0.05, 0.1) is 23.6 Å². The van der Waals surface area contributed by atoms with E-state index < -0.39 is 0 Å². The first-order chi connectivity index (χ1) is 7.66. The largest absolute Gasteiger partial charge is 0.382 e. The molecule has 1 aromatic carbocycles. The predicted octanol–water partition coefficient (Wildman–Crippen LogP) is 2.08. The van der Waals surface area contributed by atoms with Crippen molar-refractivity contribution in [3.05, 3.63) is 35.8 Å². The van der Waals surface area contributed by atoms with E-state index in [4.69, 9.17) is 5.73 Å². The monoisotopic (exact) mass is 212 g/mol. The Morgan fingerprint density at radius 3 is 2.69 bits per heavy atom. The van der Waals surface area contributed by atoms with Gasteiger partial charge in [-0.1, -0.05) is 0 Å². The second-order valence-electron chi connectivity index (χ2n) is 4.07. The van der Waals surface area contributed by atoms with Gasteiger partial charge in [-0.3, -0.25) is 4.40 Å². The van der Waals surface area contributed by atoms with Gasteiger partial charge in [-0.15, -0.1) is 0 Å². The lowest BCUT2D eigenvalue weighted by Gasteiger charge is -2.07. The molecule has 0 unspecified atom stereocenters. The fourth-order valence-corrected chi connectivity index (χ4v) is 1.93. The van der Waals surface area contributed by atoms with E-state index in [0.29, 0.717) is 5.82 Å². The molecule has 0 spiro atoms. The van der Waals surface area contributed by atoms with Gasteiger partial charge < -0.3 is 5.73 Å². The summed E-state index contributed by atoms with van der Waals surface area (Å²) in [6.07, 6.45) is 3.50. The number of rotatable bonds is 0. The van der Waals surface area contributed by atoms with Crippen molar-refractivity contribution in [3.63, 3.8) is 0 Å². The second-order valence-corrected chi connectivity index (χ2v) is 4.07. The Balaban J connectivity index is 2.59. The zero-order chi connectivity index (χ0) is 11.3. The first kappa shape index (κ1) is 9.15. The Bertz CT molecular complexity index is 697. The van der Waals surface area contributed by atoms with Crippen molar-refractivity contribution in [1.82, 2.24) is 14.4 Å². The number of nitrogens with two attached hydrogens (primary N) is 1. The zero-order valence-electron chi connectivity index (χ0n) is 9.23. The van der Waals surface area contributed by atoms with Crippen LogP contribution in [0, 0.1) is 13.8 Å². The third-order valence-electron chi connectivity index (χ3n) is 2.99. The molecule has 0 aliphatic rings. The lowest BCUT2D eigenvalue weighted by atomic mass is 10.1. The number of nitrogen functional groups attached to an aromatic ring is 1. The van der Waals surface area contributed by atoms with Crippen LogP contribution in [0.15, 0.2) is 24.7 Å². The summed E-state index contributed by atoms with van der Waals surface area (Å²) >= 11 is 0. The van der Waals surface area contributed by atoms with Gasteiger partial charge in [0, 0.05) is 0 Å². The van der Waals surface area contributed by atoms with Gasteiger partial charge in [-0.25, -0.2) is 9.97 Å². The van der Waals surface area contributed by atoms with Crippen LogP contribution in [0.5, 0.6) is 0 Å². The topological polar surface area (TPSA) is 56.2 Å². The lowest BCUT2D eigenvalue weighted by Crippen LogP contribution is -1.98. The van der Waals surface area contributed by atoms with Crippen molar-refractivity contribution in [3.8, 4) is 0 Å². The smallest absolute Gasteiger partial charge is 0.150 e. The SMILES string of the molecule is Cc1cc2nc(N)c3cncn3c2cc1C. The number of imidazole rings is 1. The minimum absolute atomic E-state index is 0.522. The Kier molecular flexibility index (Phi) is 1.68. The Morgan fingerprint density at radius 2 is 1.88 bits per heavy atom. The molecule has 0 saturated heterocycles. The molecule has 4 heteroatoms. The summed E-state index contributed by atoms with van der Waals surface area (Å²) in [4.78, 5) is 8.50. The molecule has 0 fully saturated rings. The molecule has 0 radical (unpaired) electrons. The molecule has 0 bridgehead atoms. The van der Waals surface area contributed by atoms with Crippen LogP contribution in [0.4, 0.5) is 5.82 Å². The van der Waals surface area contributed by atoms with Gasteiger partial charge in [0.1, 0.15) is 11.3 Å². The summed E-state index contributed by atoms with van der Waals surface area (Å²) in [6.45, 7) is 4.17. The fraction of sp³-hybridized carbons (Fsp3) is 0.167. The van der Waals surface area contributed by atoms with E-state index >= 15 is 0 Å². The van der Waals surface area contributed by atoms with Crippen LogP contribution in [-0.2, 0) is 0 Å². The van der Waals surface area contributed by atoms with Crippen LogP contribution in [0.1, 0.15) is 11.1 Å². The van der Waals surface area contributed by atoms with Gasteiger partial charge in [0.2, 0.25) is 0 Å². The summed E-state index contributed by atoms with van der Waals surface area (Å²) in [5.41, 5.74) is 11.2. The predicted molar refractivity (Wildman–Crippen MR) is 64.4 cm³/mol. The summed E-state index contributed by atoms with van der Waals surface area (Å²) in [7, 11) is 0. The Hall–Kier alpha value is -2.10. The standard InChI is InChI=1S/C12H12N4/c1-7-3-9-10(4-8(7)2)16-6-14-5-11(16)12(13)15-9/h3-6H,1-2H3,(H2,13,15). The molecule has 3 aromatic rings. The third-order valence-corrected chi connectivity index (χ3v) is 2.99. The van der Waals surface area contributed by atoms with E-state index in [1.54, 1.807) is 12.5 Å². The van der Waals surface area contributed by atoms with E-state index in [1.165, 1.54) is 11.1 Å². The average Bonchev–Trinajstić information content (AvgIpc) is 2.71. The molecule has 2 aromatic heterocycles.